The number of ether oxygens (including phenoxy) is 1. The molecule has 7 heteroatoms. The van der Waals surface area contributed by atoms with Gasteiger partial charge in [0.2, 0.25) is 0 Å². The van der Waals surface area contributed by atoms with Crippen LogP contribution in [0.15, 0.2) is 18.2 Å². The highest BCUT2D eigenvalue weighted by Gasteiger charge is 2.13. The third kappa shape index (κ3) is 4.76. The van der Waals surface area contributed by atoms with E-state index in [0.717, 1.165) is 0 Å². The molecule has 0 heterocycles. The van der Waals surface area contributed by atoms with Gasteiger partial charge >= 0.3 is 0 Å². The summed E-state index contributed by atoms with van der Waals surface area (Å²) < 4.78 is 28.1. The van der Waals surface area contributed by atoms with E-state index in [1.165, 1.54) is 12.1 Å². The smallest absolute Gasteiger partial charge is 0.261 e. The minimum absolute atomic E-state index is 0.00183. The minimum Gasteiger partial charge on any atom is -0.374 e. The van der Waals surface area contributed by atoms with Crippen molar-refractivity contribution in [3.63, 3.8) is 0 Å². The van der Waals surface area contributed by atoms with Crippen molar-refractivity contribution in [3.8, 4) is 0 Å². The van der Waals surface area contributed by atoms with E-state index in [-0.39, 0.29) is 28.8 Å². The highest BCUT2D eigenvalue weighted by molar-refractivity contribution is 6.39. The van der Waals surface area contributed by atoms with E-state index in [0.29, 0.717) is 0 Å². The summed E-state index contributed by atoms with van der Waals surface area (Å²) >= 11 is 11.7. The fourth-order valence-electron chi connectivity index (χ4n) is 1.21. The molecular formula is C11H11Cl2F2NO2. The lowest BCUT2D eigenvalue weighted by Gasteiger charge is -2.08. The molecule has 0 unspecified atom stereocenters. The SMILES string of the molecule is O=C(NCCOCC(F)F)c1c(Cl)cccc1Cl. The number of nitrogens with one attached hydrogen (secondary N) is 1. The molecule has 1 amide bonds. The molecular weight excluding hydrogens is 287 g/mol. The predicted octanol–water partition coefficient (Wildman–Crippen LogP) is 3.00. The Balaban J connectivity index is 2.41. The van der Waals surface area contributed by atoms with Gasteiger partial charge in [0.1, 0.15) is 6.61 Å². The number of carbonyl (C=O) groups excluding carboxylic acids is 1. The summed E-state index contributed by atoms with van der Waals surface area (Å²) in [5, 5.41) is 2.94. The Morgan fingerprint density at radius 2 is 1.94 bits per heavy atom. The van der Waals surface area contributed by atoms with E-state index in [4.69, 9.17) is 23.2 Å². The first-order valence-electron chi connectivity index (χ1n) is 5.10. The maximum absolute atomic E-state index is 11.7. The number of alkyl halides is 2. The fraction of sp³-hybridized carbons (Fsp3) is 0.364. The molecule has 0 atom stereocenters. The van der Waals surface area contributed by atoms with Gasteiger partial charge in [0, 0.05) is 6.54 Å². The Labute approximate surface area is 113 Å². The van der Waals surface area contributed by atoms with Crippen molar-refractivity contribution in [2.45, 2.75) is 6.43 Å². The van der Waals surface area contributed by atoms with Crippen LogP contribution < -0.4 is 5.32 Å². The average molecular weight is 298 g/mol. The standard InChI is InChI=1S/C11H11Cl2F2NO2/c12-7-2-1-3-8(13)10(7)11(17)16-4-5-18-6-9(14)15/h1-3,9H,4-6H2,(H,16,17). The van der Waals surface area contributed by atoms with Gasteiger partial charge in [-0.05, 0) is 12.1 Å². The van der Waals surface area contributed by atoms with Crippen LogP contribution in [0.25, 0.3) is 0 Å². The Kier molecular flexibility index (Phi) is 6.32. The van der Waals surface area contributed by atoms with Gasteiger partial charge in [-0.25, -0.2) is 8.78 Å². The van der Waals surface area contributed by atoms with E-state index in [1.54, 1.807) is 6.07 Å². The van der Waals surface area contributed by atoms with Crippen molar-refractivity contribution in [2.24, 2.45) is 0 Å². The van der Waals surface area contributed by atoms with Crippen LogP contribution in [0.3, 0.4) is 0 Å². The monoisotopic (exact) mass is 297 g/mol. The van der Waals surface area contributed by atoms with Crippen LogP contribution in [0.5, 0.6) is 0 Å². The molecule has 0 saturated heterocycles. The quantitative estimate of drug-likeness (QED) is 0.820. The number of halogens is 4. The average Bonchev–Trinajstić information content (AvgIpc) is 2.27. The highest BCUT2D eigenvalue weighted by Crippen LogP contribution is 2.23. The van der Waals surface area contributed by atoms with Crippen LogP contribution in [-0.4, -0.2) is 32.1 Å². The lowest BCUT2D eigenvalue weighted by Crippen LogP contribution is -2.28. The van der Waals surface area contributed by atoms with Crippen molar-refractivity contribution >= 4 is 29.1 Å². The molecule has 1 aromatic carbocycles. The number of amides is 1. The Hall–Kier alpha value is -0.910. The summed E-state index contributed by atoms with van der Waals surface area (Å²) in [5.41, 5.74) is 0.162. The van der Waals surface area contributed by atoms with Crippen LogP contribution in [0.1, 0.15) is 10.4 Å². The molecule has 100 valence electrons. The van der Waals surface area contributed by atoms with Crippen LogP contribution in [-0.2, 0) is 4.74 Å². The number of carbonyl (C=O) groups is 1. The zero-order valence-electron chi connectivity index (χ0n) is 9.26. The van der Waals surface area contributed by atoms with E-state index in [1.807, 2.05) is 0 Å². The van der Waals surface area contributed by atoms with Gasteiger partial charge in [-0.3, -0.25) is 4.79 Å². The second kappa shape index (κ2) is 7.51. The zero-order chi connectivity index (χ0) is 13.5. The lowest BCUT2D eigenvalue weighted by molar-refractivity contribution is 0.0188. The first-order chi connectivity index (χ1) is 8.52. The van der Waals surface area contributed by atoms with Gasteiger partial charge in [-0.15, -0.1) is 0 Å². The van der Waals surface area contributed by atoms with E-state index in [2.05, 4.69) is 10.1 Å². The maximum atomic E-state index is 11.7. The van der Waals surface area contributed by atoms with Crippen molar-refractivity contribution in [2.75, 3.05) is 19.8 Å². The Bertz CT molecular complexity index is 396. The molecule has 0 aromatic heterocycles. The number of hydrogen-bond acceptors (Lipinski definition) is 2. The van der Waals surface area contributed by atoms with Gasteiger partial charge in [-0.1, -0.05) is 29.3 Å². The summed E-state index contributed by atoms with van der Waals surface area (Å²) in [6, 6.07) is 4.69. The molecule has 1 aromatic rings. The summed E-state index contributed by atoms with van der Waals surface area (Å²) in [4.78, 5) is 11.7. The highest BCUT2D eigenvalue weighted by atomic mass is 35.5. The largest absolute Gasteiger partial charge is 0.374 e. The molecule has 0 fully saturated rings. The molecule has 0 spiro atoms. The van der Waals surface area contributed by atoms with E-state index >= 15 is 0 Å². The van der Waals surface area contributed by atoms with Crippen LogP contribution in [0.2, 0.25) is 10.0 Å². The molecule has 0 bridgehead atoms. The number of hydrogen-bond donors (Lipinski definition) is 1. The lowest BCUT2D eigenvalue weighted by atomic mass is 10.2. The fourth-order valence-corrected chi connectivity index (χ4v) is 1.78. The Morgan fingerprint density at radius 1 is 1.33 bits per heavy atom. The zero-order valence-corrected chi connectivity index (χ0v) is 10.8. The van der Waals surface area contributed by atoms with Gasteiger partial charge in [-0.2, -0.15) is 0 Å². The van der Waals surface area contributed by atoms with E-state index < -0.39 is 18.9 Å². The first kappa shape index (κ1) is 15.1. The molecule has 0 aliphatic heterocycles. The number of benzene rings is 1. The second-order valence-corrected chi connectivity index (χ2v) is 4.13. The maximum Gasteiger partial charge on any atom is 0.261 e. The molecule has 18 heavy (non-hydrogen) atoms. The van der Waals surface area contributed by atoms with Crippen LogP contribution in [0.4, 0.5) is 8.78 Å². The third-order valence-corrected chi connectivity index (χ3v) is 2.60. The van der Waals surface area contributed by atoms with Gasteiger partial charge in [0.15, 0.2) is 0 Å². The van der Waals surface area contributed by atoms with Gasteiger partial charge < -0.3 is 10.1 Å². The first-order valence-corrected chi connectivity index (χ1v) is 5.86. The summed E-state index contributed by atoms with van der Waals surface area (Å²) in [6.07, 6.45) is -2.52. The number of rotatable bonds is 6. The molecule has 1 rings (SSSR count). The molecule has 1 N–H and O–H groups in total. The summed E-state index contributed by atoms with van der Waals surface area (Å²) in [7, 11) is 0. The van der Waals surface area contributed by atoms with E-state index in [9.17, 15) is 13.6 Å². The Morgan fingerprint density at radius 3 is 2.50 bits per heavy atom. The third-order valence-electron chi connectivity index (χ3n) is 1.97. The molecule has 0 radical (unpaired) electrons. The summed E-state index contributed by atoms with van der Waals surface area (Å²) in [5.74, 6) is -0.466. The molecule has 3 nitrogen and oxygen atoms in total. The predicted molar refractivity (Wildman–Crippen MR) is 65.6 cm³/mol. The second-order valence-electron chi connectivity index (χ2n) is 3.32. The van der Waals surface area contributed by atoms with Crippen molar-refractivity contribution in [1.29, 1.82) is 0 Å². The summed E-state index contributed by atoms with van der Waals surface area (Å²) in [6.45, 7) is -0.548. The topological polar surface area (TPSA) is 38.3 Å². The van der Waals surface area contributed by atoms with Gasteiger partial charge in [0.25, 0.3) is 12.3 Å². The van der Waals surface area contributed by atoms with Crippen LogP contribution >= 0.6 is 23.2 Å². The van der Waals surface area contributed by atoms with Crippen LogP contribution in [0, 0.1) is 0 Å². The molecule has 0 saturated carbocycles. The molecule has 0 aliphatic carbocycles. The molecule has 0 aliphatic rings. The van der Waals surface area contributed by atoms with Crippen molar-refractivity contribution in [3.05, 3.63) is 33.8 Å². The van der Waals surface area contributed by atoms with Crippen molar-refractivity contribution in [1.82, 2.24) is 5.32 Å². The minimum atomic E-state index is -2.52. The van der Waals surface area contributed by atoms with Gasteiger partial charge in [0.05, 0.1) is 22.2 Å². The van der Waals surface area contributed by atoms with Crippen molar-refractivity contribution < 1.29 is 18.3 Å². The normalized spacial score (nSPS) is 10.7.